The van der Waals surface area contributed by atoms with Crippen LogP contribution in [0.3, 0.4) is 0 Å². The molecule has 0 aromatic carbocycles. The van der Waals surface area contributed by atoms with Gasteiger partial charge in [0.25, 0.3) is 0 Å². The number of carbonyl (C=O) groups is 2. The molecule has 0 amide bonds. The van der Waals surface area contributed by atoms with E-state index in [9.17, 15) is 9.59 Å². The third-order valence-electron chi connectivity index (χ3n) is 3.96. The predicted octanol–water partition coefficient (Wildman–Crippen LogP) is 2.99. The fraction of sp³-hybridized carbons (Fsp3) is 0.867. The molecule has 1 aliphatic carbocycles. The van der Waals surface area contributed by atoms with Crippen molar-refractivity contribution in [1.29, 1.82) is 0 Å². The van der Waals surface area contributed by atoms with Gasteiger partial charge in [-0.3, -0.25) is 9.59 Å². The van der Waals surface area contributed by atoms with Crippen molar-refractivity contribution in [1.82, 2.24) is 0 Å². The molecule has 0 aromatic rings. The Kier molecular flexibility index (Phi) is 5.98. The second kappa shape index (κ2) is 7.75. The highest BCUT2D eigenvalue weighted by molar-refractivity contribution is 5.81. The summed E-state index contributed by atoms with van der Waals surface area (Å²) in [6.07, 6.45) is 9.27. The van der Waals surface area contributed by atoms with Crippen molar-refractivity contribution in [3.8, 4) is 0 Å². The first-order valence-electron chi connectivity index (χ1n) is 7.57. The molecule has 2 unspecified atom stereocenters. The van der Waals surface area contributed by atoms with Gasteiger partial charge in [-0.2, -0.15) is 0 Å². The van der Waals surface area contributed by atoms with Gasteiger partial charge in [-0.1, -0.05) is 19.3 Å². The van der Waals surface area contributed by atoms with Gasteiger partial charge >= 0.3 is 0 Å². The van der Waals surface area contributed by atoms with Crippen LogP contribution in [0.25, 0.3) is 0 Å². The van der Waals surface area contributed by atoms with E-state index in [1.165, 1.54) is 19.3 Å². The standard InChI is InChI=1S/C15H24O4/c16-13-7-4-2-1-3-6-12-10-15(12)19-18-11-14(17)9-5-8-13/h12,15H,1-11H2. The van der Waals surface area contributed by atoms with E-state index in [1.807, 2.05) is 0 Å². The minimum absolute atomic E-state index is 0.0251. The Morgan fingerprint density at radius 2 is 1.58 bits per heavy atom. The van der Waals surface area contributed by atoms with Crippen molar-refractivity contribution >= 4 is 11.6 Å². The molecule has 0 spiro atoms. The van der Waals surface area contributed by atoms with Crippen LogP contribution in [-0.4, -0.2) is 24.3 Å². The number of fused-ring (bicyclic) bond motifs is 1. The maximum Gasteiger partial charge on any atom is 0.161 e. The second-order valence-electron chi connectivity index (χ2n) is 5.78. The number of carbonyl (C=O) groups excluding carboxylic acids is 2. The lowest BCUT2D eigenvalue weighted by Gasteiger charge is -2.05. The maximum atomic E-state index is 11.6. The number of Topliss-reactive ketones (excluding diaryl/α,β-unsaturated/α-hetero) is 2. The third kappa shape index (κ3) is 5.83. The van der Waals surface area contributed by atoms with Gasteiger partial charge < -0.3 is 0 Å². The average Bonchev–Trinajstić information content (AvgIpc) is 3.11. The van der Waals surface area contributed by atoms with Crippen LogP contribution in [0, 0.1) is 5.92 Å². The molecule has 1 saturated carbocycles. The van der Waals surface area contributed by atoms with Gasteiger partial charge in [0.15, 0.2) is 5.78 Å². The molecule has 2 atom stereocenters. The van der Waals surface area contributed by atoms with Crippen molar-refractivity contribution < 1.29 is 19.4 Å². The highest BCUT2D eigenvalue weighted by Gasteiger charge is 2.38. The number of hydrogen-bond acceptors (Lipinski definition) is 4. The van der Waals surface area contributed by atoms with Gasteiger partial charge in [-0.05, 0) is 31.6 Å². The summed E-state index contributed by atoms with van der Waals surface area (Å²) < 4.78 is 0. The quantitative estimate of drug-likeness (QED) is 0.634. The zero-order chi connectivity index (χ0) is 13.5. The Hall–Kier alpha value is -0.740. The van der Waals surface area contributed by atoms with Gasteiger partial charge in [-0.25, -0.2) is 9.78 Å². The van der Waals surface area contributed by atoms with E-state index in [0.29, 0.717) is 37.4 Å². The summed E-state index contributed by atoms with van der Waals surface area (Å²) in [5, 5.41) is 0. The van der Waals surface area contributed by atoms with E-state index in [0.717, 1.165) is 19.3 Å². The van der Waals surface area contributed by atoms with Gasteiger partial charge in [0.2, 0.25) is 0 Å². The normalized spacial score (nSPS) is 31.8. The van der Waals surface area contributed by atoms with Gasteiger partial charge in [0.05, 0.1) is 6.10 Å². The average molecular weight is 268 g/mol. The molecule has 2 fully saturated rings. The summed E-state index contributed by atoms with van der Waals surface area (Å²) in [5.41, 5.74) is 0. The molecule has 4 heteroatoms. The summed E-state index contributed by atoms with van der Waals surface area (Å²) in [4.78, 5) is 33.3. The first-order chi connectivity index (χ1) is 9.25. The maximum absolute atomic E-state index is 11.6. The van der Waals surface area contributed by atoms with Crippen LogP contribution in [0.2, 0.25) is 0 Å². The van der Waals surface area contributed by atoms with Crippen molar-refractivity contribution in [2.45, 2.75) is 70.3 Å². The van der Waals surface area contributed by atoms with Crippen LogP contribution < -0.4 is 0 Å². The summed E-state index contributed by atoms with van der Waals surface area (Å²) >= 11 is 0. The Morgan fingerprint density at radius 3 is 2.47 bits per heavy atom. The lowest BCUT2D eigenvalue weighted by molar-refractivity contribution is -0.300. The van der Waals surface area contributed by atoms with Gasteiger partial charge in [-0.15, -0.1) is 0 Å². The summed E-state index contributed by atoms with van der Waals surface area (Å²) in [6.45, 7) is 0.0252. The lowest BCUT2D eigenvalue weighted by atomic mass is 10.0. The smallest absolute Gasteiger partial charge is 0.161 e. The first kappa shape index (κ1) is 14.7. The van der Waals surface area contributed by atoms with Crippen LogP contribution in [0.5, 0.6) is 0 Å². The molecule has 19 heavy (non-hydrogen) atoms. The van der Waals surface area contributed by atoms with Crippen LogP contribution in [0.15, 0.2) is 0 Å². The predicted molar refractivity (Wildman–Crippen MR) is 70.5 cm³/mol. The SMILES string of the molecule is O=C1CCCCCCC2CC2OOCC(=O)CCC1. The van der Waals surface area contributed by atoms with Crippen LogP contribution in [-0.2, 0) is 19.4 Å². The molecular weight excluding hydrogens is 244 g/mol. The molecule has 0 N–H and O–H groups in total. The Morgan fingerprint density at radius 1 is 0.842 bits per heavy atom. The first-order valence-corrected chi connectivity index (χ1v) is 7.57. The number of hydrogen-bond donors (Lipinski definition) is 0. The fourth-order valence-electron chi connectivity index (χ4n) is 2.59. The lowest BCUT2D eigenvalue weighted by Crippen LogP contribution is -2.11. The Bertz CT molecular complexity index is 313. The largest absolute Gasteiger partial charge is 0.300 e. The van der Waals surface area contributed by atoms with Crippen LogP contribution in [0.4, 0.5) is 0 Å². The molecule has 1 heterocycles. The fourth-order valence-corrected chi connectivity index (χ4v) is 2.59. The number of ketones is 2. The van der Waals surface area contributed by atoms with Crippen molar-refractivity contribution in [3.63, 3.8) is 0 Å². The molecule has 0 bridgehead atoms. The van der Waals surface area contributed by atoms with Gasteiger partial charge in [0.1, 0.15) is 12.4 Å². The topological polar surface area (TPSA) is 52.6 Å². The van der Waals surface area contributed by atoms with Crippen molar-refractivity contribution in [3.05, 3.63) is 0 Å². The molecular formula is C15H24O4. The summed E-state index contributed by atoms with van der Waals surface area (Å²) in [6, 6.07) is 0. The van der Waals surface area contributed by atoms with E-state index in [4.69, 9.17) is 9.78 Å². The van der Waals surface area contributed by atoms with Gasteiger partial charge in [0, 0.05) is 19.3 Å². The van der Waals surface area contributed by atoms with Crippen molar-refractivity contribution in [2.24, 2.45) is 5.92 Å². The molecule has 0 radical (unpaired) electrons. The molecule has 1 saturated heterocycles. The van der Waals surface area contributed by atoms with E-state index >= 15 is 0 Å². The summed E-state index contributed by atoms with van der Waals surface area (Å²) in [5.74, 6) is 0.932. The second-order valence-corrected chi connectivity index (χ2v) is 5.78. The highest BCUT2D eigenvalue weighted by atomic mass is 17.2. The van der Waals surface area contributed by atoms with E-state index in [2.05, 4.69) is 0 Å². The molecule has 1 aliphatic heterocycles. The van der Waals surface area contributed by atoms with E-state index in [1.54, 1.807) is 0 Å². The van der Waals surface area contributed by atoms with E-state index in [-0.39, 0.29) is 18.5 Å². The number of rotatable bonds is 0. The Labute approximate surface area is 114 Å². The molecule has 0 aromatic heterocycles. The van der Waals surface area contributed by atoms with Crippen LogP contribution in [0.1, 0.15) is 64.2 Å². The molecule has 108 valence electrons. The Balaban J connectivity index is 1.71. The minimum Gasteiger partial charge on any atom is -0.300 e. The molecule has 2 aliphatic rings. The van der Waals surface area contributed by atoms with Crippen LogP contribution >= 0.6 is 0 Å². The van der Waals surface area contributed by atoms with E-state index < -0.39 is 0 Å². The molecule has 4 nitrogen and oxygen atoms in total. The van der Waals surface area contributed by atoms with Crippen molar-refractivity contribution in [2.75, 3.05) is 6.61 Å². The minimum atomic E-state index is 0.0251. The summed E-state index contributed by atoms with van der Waals surface area (Å²) in [7, 11) is 0. The zero-order valence-electron chi connectivity index (χ0n) is 11.6. The highest BCUT2D eigenvalue weighted by Crippen LogP contribution is 2.38. The third-order valence-corrected chi connectivity index (χ3v) is 3.96. The molecule has 2 rings (SSSR count). The zero-order valence-corrected chi connectivity index (χ0v) is 11.6. The monoisotopic (exact) mass is 268 g/mol.